The molecule has 1 saturated heterocycles. The molecule has 112 valence electrons. The van der Waals surface area contributed by atoms with Gasteiger partial charge in [-0.1, -0.05) is 25.0 Å². The fraction of sp³-hybridized carbons (Fsp3) is 0.500. The number of rotatable bonds is 4. The Morgan fingerprint density at radius 3 is 3.05 bits per heavy atom. The number of benzene rings is 1. The lowest BCUT2D eigenvalue weighted by molar-refractivity contribution is 0.0840. The van der Waals surface area contributed by atoms with E-state index in [-0.39, 0.29) is 5.78 Å². The first-order valence-corrected chi connectivity index (χ1v) is 8.04. The zero-order valence-corrected chi connectivity index (χ0v) is 13.0. The summed E-state index contributed by atoms with van der Waals surface area (Å²) in [4.78, 5) is 18.3. The van der Waals surface area contributed by atoms with Crippen molar-refractivity contribution in [3.8, 4) is 0 Å². The summed E-state index contributed by atoms with van der Waals surface area (Å²) < 4.78 is 0. The van der Waals surface area contributed by atoms with Gasteiger partial charge in [0.1, 0.15) is 0 Å². The van der Waals surface area contributed by atoms with Gasteiger partial charge in [-0.3, -0.25) is 9.69 Å². The third-order valence-electron chi connectivity index (χ3n) is 4.70. The Hall–Kier alpha value is -1.61. The highest BCUT2D eigenvalue weighted by Gasteiger charge is 2.24. The van der Waals surface area contributed by atoms with Crippen LogP contribution in [0.2, 0.25) is 0 Å². The molecule has 0 aliphatic carbocycles. The van der Waals surface area contributed by atoms with Crippen LogP contribution in [-0.4, -0.2) is 34.8 Å². The van der Waals surface area contributed by atoms with Crippen LogP contribution in [-0.2, 0) is 0 Å². The highest BCUT2D eigenvalue weighted by molar-refractivity contribution is 6.08. The number of H-pyrrole nitrogens is 1. The smallest absolute Gasteiger partial charge is 0.178 e. The second-order valence-corrected chi connectivity index (χ2v) is 6.20. The second kappa shape index (κ2) is 6.02. The van der Waals surface area contributed by atoms with E-state index in [0.29, 0.717) is 12.6 Å². The van der Waals surface area contributed by atoms with Crippen LogP contribution in [0.5, 0.6) is 0 Å². The van der Waals surface area contributed by atoms with Crippen molar-refractivity contribution in [2.75, 3.05) is 13.1 Å². The second-order valence-electron chi connectivity index (χ2n) is 6.20. The fourth-order valence-corrected chi connectivity index (χ4v) is 3.47. The third-order valence-corrected chi connectivity index (χ3v) is 4.70. The summed E-state index contributed by atoms with van der Waals surface area (Å²) in [6, 6.07) is 6.81. The molecule has 1 aliphatic rings. The van der Waals surface area contributed by atoms with Gasteiger partial charge < -0.3 is 4.98 Å². The van der Waals surface area contributed by atoms with Crippen LogP contribution in [0, 0.1) is 6.92 Å². The van der Waals surface area contributed by atoms with Gasteiger partial charge in [-0.2, -0.15) is 0 Å². The average Bonchev–Trinajstić information content (AvgIpc) is 2.90. The number of ketones is 1. The number of aryl methyl sites for hydroxylation is 1. The topological polar surface area (TPSA) is 36.1 Å². The quantitative estimate of drug-likeness (QED) is 0.864. The Balaban J connectivity index is 1.82. The van der Waals surface area contributed by atoms with E-state index in [1.54, 1.807) is 0 Å². The van der Waals surface area contributed by atoms with Crippen molar-refractivity contribution in [1.82, 2.24) is 9.88 Å². The van der Waals surface area contributed by atoms with Crippen LogP contribution < -0.4 is 0 Å². The molecule has 0 bridgehead atoms. The molecule has 1 atom stereocenters. The van der Waals surface area contributed by atoms with E-state index in [9.17, 15) is 4.79 Å². The van der Waals surface area contributed by atoms with Crippen molar-refractivity contribution in [1.29, 1.82) is 0 Å². The maximum atomic E-state index is 12.7. The van der Waals surface area contributed by atoms with Gasteiger partial charge in [0.25, 0.3) is 0 Å². The van der Waals surface area contributed by atoms with Gasteiger partial charge in [0.15, 0.2) is 5.78 Å². The Morgan fingerprint density at radius 1 is 1.38 bits per heavy atom. The van der Waals surface area contributed by atoms with E-state index >= 15 is 0 Å². The zero-order chi connectivity index (χ0) is 14.8. The molecule has 1 aromatic heterocycles. The minimum absolute atomic E-state index is 0.243. The SMILES string of the molecule is CC[C@H]1CCCCN1CC(=O)c1c[nH]c2ccc(C)cc12. The predicted molar refractivity (Wildman–Crippen MR) is 86.9 cm³/mol. The number of carbonyl (C=O) groups is 1. The van der Waals surface area contributed by atoms with Crippen molar-refractivity contribution in [3.63, 3.8) is 0 Å². The predicted octanol–water partition coefficient (Wildman–Crippen LogP) is 3.92. The number of likely N-dealkylation sites (tertiary alicyclic amines) is 1. The van der Waals surface area contributed by atoms with Crippen LogP contribution in [0.4, 0.5) is 0 Å². The number of Topliss-reactive ketones (excluding diaryl/α,β-unsaturated/α-hetero) is 1. The molecule has 1 fully saturated rings. The monoisotopic (exact) mass is 284 g/mol. The molecular formula is C18H24N2O. The van der Waals surface area contributed by atoms with E-state index in [0.717, 1.165) is 29.4 Å². The standard InChI is InChI=1S/C18H24N2O/c1-3-14-6-4-5-9-20(14)12-18(21)16-11-19-17-8-7-13(2)10-15(16)17/h7-8,10-11,14,19H,3-6,9,12H2,1-2H3/t14-/m0/s1. The zero-order valence-electron chi connectivity index (χ0n) is 13.0. The Kier molecular flexibility index (Phi) is 4.11. The lowest BCUT2D eigenvalue weighted by Crippen LogP contribution is -2.42. The van der Waals surface area contributed by atoms with E-state index in [1.165, 1.54) is 24.8 Å². The first-order chi connectivity index (χ1) is 10.2. The number of nitrogens with one attached hydrogen (secondary N) is 1. The lowest BCUT2D eigenvalue weighted by Gasteiger charge is -2.34. The van der Waals surface area contributed by atoms with Gasteiger partial charge in [0.2, 0.25) is 0 Å². The van der Waals surface area contributed by atoms with Crippen LogP contribution in [0.1, 0.15) is 48.5 Å². The van der Waals surface area contributed by atoms with Crippen LogP contribution in [0.3, 0.4) is 0 Å². The molecule has 2 heterocycles. The fourth-order valence-electron chi connectivity index (χ4n) is 3.47. The molecule has 3 rings (SSSR count). The van der Waals surface area contributed by atoms with Gasteiger partial charge >= 0.3 is 0 Å². The molecule has 3 heteroatoms. The van der Waals surface area contributed by atoms with Gasteiger partial charge in [-0.15, -0.1) is 0 Å². The molecule has 21 heavy (non-hydrogen) atoms. The van der Waals surface area contributed by atoms with Gasteiger partial charge in [-0.25, -0.2) is 0 Å². The molecular weight excluding hydrogens is 260 g/mol. The van der Waals surface area contributed by atoms with Gasteiger partial charge in [-0.05, 0) is 44.9 Å². The van der Waals surface area contributed by atoms with Crippen LogP contribution in [0.25, 0.3) is 10.9 Å². The number of hydrogen-bond acceptors (Lipinski definition) is 2. The number of fused-ring (bicyclic) bond motifs is 1. The normalized spacial score (nSPS) is 20.0. The number of piperidine rings is 1. The Labute approximate surface area is 126 Å². The molecule has 3 nitrogen and oxygen atoms in total. The molecule has 1 aliphatic heterocycles. The van der Waals surface area contributed by atoms with E-state index in [4.69, 9.17) is 0 Å². The molecule has 0 amide bonds. The number of nitrogens with zero attached hydrogens (tertiary/aromatic N) is 1. The van der Waals surface area contributed by atoms with Crippen LogP contribution in [0.15, 0.2) is 24.4 Å². The number of hydrogen-bond donors (Lipinski definition) is 1. The van der Waals surface area contributed by atoms with Crippen LogP contribution >= 0.6 is 0 Å². The lowest BCUT2D eigenvalue weighted by atomic mass is 9.99. The summed E-state index contributed by atoms with van der Waals surface area (Å²) in [5, 5.41) is 1.06. The first kappa shape index (κ1) is 14.3. The van der Waals surface area contributed by atoms with Gasteiger partial charge in [0, 0.05) is 28.7 Å². The summed E-state index contributed by atoms with van der Waals surface area (Å²) in [6.45, 7) is 5.91. The minimum Gasteiger partial charge on any atom is -0.360 e. The Bertz CT molecular complexity index is 644. The maximum absolute atomic E-state index is 12.7. The van der Waals surface area contributed by atoms with Crippen molar-refractivity contribution in [3.05, 3.63) is 35.5 Å². The summed E-state index contributed by atoms with van der Waals surface area (Å²) in [6.07, 6.45) is 6.76. The summed E-state index contributed by atoms with van der Waals surface area (Å²) in [5.41, 5.74) is 3.09. The van der Waals surface area contributed by atoms with Crippen molar-refractivity contribution in [2.45, 2.75) is 45.6 Å². The molecule has 0 unspecified atom stereocenters. The maximum Gasteiger partial charge on any atom is 0.178 e. The highest BCUT2D eigenvalue weighted by Crippen LogP contribution is 2.23. The number of carbonyl (C=O) groups excluding carboxylic acids is 1. The van der Waals surface area contributed by atoms with E-state index in [1.807, 2.05) is 6.20 Å². The van der Waals surface area contributed by atoms with E-state index < -0.39 is 0 Å². The number of aromatic nitrogens is 1. The molecule has 2 aromatic rings. The summed E-state index contributed by atoms with van der Waals surface area (Å²) >= 11 is 0. The van der Waals surface area contributed by atoms with E-state index in [2.05, 4.69) is 41.9 Å². The molecule has 0 spiro atoms. The minimum atomic E-state index is 0.243. The van der Waals surface area contributed by atoms with Gasteiger partial charge in [0.05, 0.1) is 6.54 Å². The van der Waals surface area contributed by atoms with Crippen molar-refractivity contribution < 1.29 is 4.79 Å². The number of aromatic amines is 1. The molecule has 0 radical (unpaired) electrons. The Morgan fingerprint density at radius 2 is 2.24 bits per heavy atom. The van der Waals surface area contributed by atoms with Crippen molar-refractivity contribution in [2.24, 2.45) is 0 Å². The molecule has 1 aromatic carbocycles. The third kappa shape index (κ3) is 2.88. The molecule has 0 saturated carbocycles. The molecule has 1 N–H and O–H groups in total. The summed E-state index contributed by atoms with van der Waals surface area (Å²) in [5.74, 6) is 0.243. The largest absolute Gasteiger partial charge is 0.360 e. The summed E-state index contributed by atoms with van der Waals surface area (Å²) in [7, 11) is 0. The first-order valence-electron chi connectivity index (χ1n) is 8.04. The van der Waals surface area contributed by atoms with Crippen molar-refractivity contribution >= 4 is 16.7 Å². The average molecular weight is 284 g/mol. The highest BCUT2D eigenvalue weighted by atomic mass is 16.1.